The molecule has 0 aliphatic carbocycles. The zero-order valence-electron chi connectivity index (χ0n) is 12.3. The van der Waals surface area contributed by atoms with Crippen molar-refractivity contribution in [2.75, 3.05) is 5.73 Å². The summed E-state index contributed by atoms with van der Waals surface area (Å²) in [5.74, 6) is 1.45. The molecule has 2 aromatic carbocycles. The fourth-order valence-corrected chi connectivity index (χ4v) is 2.13. The second-order valence-electron chi connectivity index (χ2n) is 5.06. The van der Waals surface area contributed by atoms with E-state index in [2.05, 4.69) is 13.0 Å². The standard InChI is InChI=1S/C17H19NO2/c1-10-5-6-11(2)17(12(10)3)20-14-7-8-15(13(4)19)16(18)9-14/h5-9H,18H2,1-4H3. The van der Waals surface area contributed by atoms with Crippen molar-refractivity contribution >= 4 is 11.5 Å². The van der Waals surface area contributed by atoms with E-state index < -0.39 is 0 Å². The number of hydrogen-bond acceptors (Lipinski definition) is 3. The molecule has 0 bridgehead atoms. The average molecular weight is 269 g/mol. The van der Waals surface area contributed by atoms with Gasteiger partial charge in [-0.15, -0.1) is 0 Å². The van der Waals surface area contributed by atoms with Crippen molar-refractivity contribution in [2.45, 2.75) is 27.7 Å². The molecule has 2 N–H and O–H groups in total. The number of ketones is 1. The topological polar surface area (TPSA) is 52.3 Å². The SMILES string of the molecule is CC(=O)c1ccc(Oc2c(C)ccc(C)c2C)cc1N. The molecule has 0 spiro atoms. The van der Waals surface area contributed by atoms with E-state index in [0.717, 1.165) is 16.9 Å². The molecule has 0 amide bonds. The molecule has 0 unspecified atom stereocenters. The van der Waals surface area contributed by atoms with E-state index in [1.54, 1.807) is 18.2 Å². The predicted octanol–water partition coefficient (Wildman–Crippen LogP) is 4.19. The van der Waals surface area contributed by atoms with Crippen molar-refractivity contribution < 1.29 is 9.53 Å². The minimum Gasteiger partial charge on any atom is -0.457 e. The lowest BCUT2D eigenvalue weighted by molar-refractivity contribution is 0.101. The Hall–Kier alpha value is -2.29. The van der Waals surface area contributed by atoms with Crippen molar-refractivity contribution in [2.24, 2.45) is 0 Å². The Bertz CT molecular complexity index is 675. The number of Topliss-reactive ketones (excluding diaryl/α,β-unsaturated/α-hetero) is 1. The third-order valence-corrected chi connectivity index (χ3v) is 3.50. The highest BCUT2D eigenvalue weighted by Crippen LogP contribution is 2.32. The van der Waals surface area contributed by atoms with Crippen LogP contribution >= 0.6 is 0 Å². The zero-order chi connectivity index (χ0) is 14.9. The van der Waals surface area contributed by atoms with Gasteiger partial charge >= 0.3 is 0 Å². The number of carbonyl (C=O) groups excluding carboxylic acids is 1. The fraction of sp³-hybridized carbons (Fsp3) is 0.235. The maximum atomic E-state index is 11.4. The number of nitrogen functional groups attached to an aromatic ring is 1. The Balaban J connectivity index is 2.39. The van der Waals surface area contributed by atoms with Crippen LogP contribution in [0.15, 0.2) is 30.3 Å². The van der Waals surface area contributed by atoms with Crippen molar-refractivity contribution in [1.29, 1.82) is 0 Å². The van der Waals surface area contributed by atoms with Crippen molar-refractivity contribution in [3.8, 4) is 11.5 Å². The molecular formula is C17H19NO2. The third-order valence-electron chi connectivity index (χ3n) is 3.50. The van der Waals surface area contributed by atoms with E-state index in [1.807, 2.05) is 19.9 Å². The van der Waals surface area contributed by atoms with Crippen molar-refractivity contribution in [3.63, 3.8) is 0 Å². The maximum Gasteiger partial charge on any atom is 0.161 e. The fourth-order valence-electron chi connectivity index (χ4n) is 2.13. The van der Waals surface area contributed by atoms with Gasteiger partial charge in [-0.1, -0.05) is 12.1 Å². The molecule has 0 heterocycles. The Morgan fingerprint density at radius 3 is 2.30 bits per heavy atom. The van der Waals surface area contributed by atoms with Gasteiger partial charge in [0.2, 0.25) is 0 Å². The molecule has 3 heteroatoms. The van der Waals surface area contributed by atoms with Gasteiger partial charge in [-0.05, 0) is 56.5 Å². The minimum atomic E-state index is -0.0445. The second-order valence-corrected chi connectivity index (χ2v) is 5.06. The first kappa shape index (κ1) is 14.1. The average Bonchev–Trinajstić information content (AvgIpc) is 2.39. The number of anilines is 1. The van der Waals surface area contributed by atoms with E-state index in [9.17, 15) is 4.79 Å². The Morgan fingerprint density at radius 1 is 1.05 bits per heavy atom. The van der Waals surface area contributed by atoms with Crippen LogP contribution in [-0.2, 0) is 0 Å². The number of ether oxygens (including phenoxy) is 1. The van der Waals surface area contributed by atoms with Gasteiger partial charge in [0.15, 0.2) is 5.78 Å². The van der Waals surface area contributed by atoms with E-state index >= 15 is 0 Å². The van der Waals surface area contributed by atoms with Crippen molar-refractivity contribution in [1.82, 2.24) is 0 Å². The molecule has 0 fully saturated rings. The maximum absolute atomic E-state index is 11.4. The monoisotopic (exact) mass is 269 g/mol. The van der Waals surface area contributed by atoms with E-state index in [4.69, 9.17) is 10.5 Å². The lowest BCUT2D eigenvalue weighted by atomic mass is 10.1. The summed E-state index contributed by atoms with van der Waals surface area (Å²) < 4.78 is 5.95. The molecule has 3 nitrogen and oxygen atoms in total. The van der Waals surface area contributed by atoms with Crippen LogP contribution in [0.3, 0.4) is 0 Å². The summed E-state index contributed by atoms with van der Waals surface area (Å²) in [5, 5.41) is 0. The van der Waals surface area contributed by atoms with Gasteiger partial charge < -0.3 is 10.5 Å². The highest BCUT2D eigenvalue weighted by molar-refractivity contribution is 5.99. The van der Waals surface area contributed by atoms with Crippen LogP contribution in [-0.4, -0.2) is 5.78 Å². The molecular weight excluding hydrogens is 250 g/mol. The number of benzene rings is 2. The number of aryl methyl sites for hydroxylation is 2. The van der Waals surface area contributed by atoms with Crippen LogP contribution in [0.2, 0.25) is 0 Å². The summed E-state index contributed by atoms with van der Waals surface area (Å²) in [6.07, 6.45) is 0. The number of rotatable bonds is 3. The van der Waals surface area contributed by atoms with Crippen LogP contribution < -0.4 is 10.5 Å². The Labute approximate surface area is 119 Å². The molecule has 0 saturated heterocycles. The van der Waals surface area contributed by atoms with Gasteiger partial charge in [0.25, 0.3) is 0 Å². The highest BCUT2D eigenvalue weighted by Gasteiger charge is 2.10. The van der Waals surface area contributed by atoms with Crippen LogP contribution in [0.5, 0.6) is 11.5 Å². The lowest BCUT2D eigenvalue weighted by Gasteiger charge is -2.14. The first-order valence-corrected chi connectivity index (χ1v) is 6.55. The summed E-state index contributed by atoms with van der Waals surface area (Å²) in [6.45, 7) is 7.59. The Morgan fingerprint density at radius 2 is 1.70 bits per heavy atom. The van der Waals surface area contributed by atoms with E-state index in [1.165, 1.54) is 12.5 Å². The molecule has 20 heavy (non-hydrogen) atoms. The highest BCUT2D eigenvalue weighted by atomic mass is 16.5. The van der Waals surface area contributed by atoms with Gasteiger partial charge in [-0.25, -0.2) is 0 Å². The molecule has 2 rings (SSSR count). The molecule has 0 atom stereocenters. The van der Waals surface area contributed by atoms with Gasteiger partial charge in [0.05, 0.1) is 0 Å². The molecule has 0 saturated carbocycles. The molecule has 104 valence electrons. The summed E-state index contributed by atoms with van der Waals surface area (Å²) in [4.78, 5) is 11.4. The van der Waals surface area contributed by atoms with Crippen molar-refractivity contribution in [3.05, 3.63) is 52.6 Å². The van der Waals surface area contributed by atoms with Crippen LogP contribution in [0.4, 0.5) is 5.69 Å². The van der Waals surface area contributed by atoms with Gasteiger partial charge in [-0.2, -0.15) is 0 Å². The van der Waals surface area contributed by atoms with Gasteiger partial charge in [0, 0.05) is 17.3 Å². The number of carbonyl (C=O) groups is 1. The Kier molecular flexibility index (Phi) is 3.79. The summed E-state index contributed by atoms with van der Waals surface area (Å²) in [5.41, 5.74) is 10.2. The number of nitrogens with two attached hydrogens (primary N) is 1. The number of hydrogen-bond donors (Lipinski definition) is 1. The first-order chi connectivity index (χ1) is 9.40. The van der Waals surface area contributed by atoms with E-state index in [-0.39, 0.29) is 5.78 Å². The molecule has 2 aromatic rings. The third kappa shape index (κ3) is 2.67. The van der Waals surface area contributed by atoms with Gasteiger partial charge in [-0.3, -0.25) is 4.79 Å². The summed E-state index contributed by atoms with van der Waals surface area (Å²) >= 11 is 0. The normalized spacial score (nSPS) is 10.4. The van der Waals surface area contributed by atoms with Crippen LogP contribution in [0, 0.1) is 20.8 Å². The summed E-state index contributed by atoms with van der Waals surface area (Å²) in [7, 11) is 0. The predicted molar refractivity (Wildman–Crippen MR) is 81.6 cm³/mol. The second kappa shape index (κ2) is 5.37. The summed E-state index contributed by atoms with van der Waals surface area (Å²) in [6, 6.07) is 9.27. The lowest BCUT2D eigenvalue weighted by Crippen LogP contribution is -2.00. The quantitative estimate of drug-likeness (QED) is 0.671. The molecule has 0 radical (unpaired) electrons. The molecule has 0 aliphatic heterocycles. The largest absolute Gasteiger partial charge is 0.457 e. The van der Waals surface area contributed by atoms with Crippen LogP contribution in [0.25, 0.3) is 0 Å². The minimum absolute atomic E-state index is 0.0445. The molecule has 0 aliphatic rings. The van der Waals surface area contributed by atoms with Crippen LogP contribution in [0.1, 0.15) is 34.0 Å². The zero-order valence-corrected chi connectivity index (χ0v) is 12.3. The smallest absolute Gasteiger partial charge is 0.161 e. The molecule has 0 aromatic heterocycles. The first-order valence-electron chi connectivity index (χ1n) is 6.55. The van der Waals surface area contributed by atoms with Gasteiger partial charge in [0.1, 0.15) is 11.5 Å². The van der Waals surface area contributed by atoms with E-state index in [0.29, 0.717) is 17.0 Å².